The van der Waals surface area contributed by atoms with Crippen molar-refractivity contribution >= 4 is 23.2 Å². The lowest BCUT2D eigenvalue weighted by Gasteiger charge is -2.37. The molecule has 1 aliphatic carbocycles. The average Bonchev–Trinajstić information content (AvgIpc) is 3.45. The second-order valence-electron chi connectivity index (χ2n) is 9.77. The second kappa shape index (κ2) is 9.92. The van der Waals surface area contributed by atoms with Gasteiger partial charge >= 0.3 is 0 Å². The fourth-order valence-electron chi connectivity index (χ4n) is 4.24. The lowest BCUT2D eigenvalue weighted by Crippen LogP contribution is -2.51. The molecule has 33 heavy (non-hydrogen) atoms. The van der Waals surface area contributed by atoms with Gasteiger partial charge in [-0.05, 0) is 55.7 Å². The van der Waals surface area contributed by atoms with Crippen LogP contribution in [-0.4, -0.2) is 33.7 Å². The van der Waals surface area contributed by atoms with Crippen LogP contribution in [0.25, 0.3) is 0 Å². The largest absolute Gasteiger partial charge is 0.332 e. The number of carbonyl (C=O) groups excluding carboxylic acids is 2. The lowest BCUT2D eigenvalue weighted by molar-refractivity contribution is -0.146. The number of hydrogen-bond donors (Lipinski definition) is 0. The maximum absolute atomic E-state index is 13.6. The van der Waals surface area contributed by atoms with Crippen LogP contribution in [-0.2, 0) is 22.7 Å². The fraction of sp³-hybridized carbons (Fsp3) is 0.357. The summed E-state index contributed by atoms with van der Waals surface area (Å²) in [5.74, 6) is 0.275. The van der Waals surface area contributed by atoms with E-state index in [1.54, 1.807) is 16.2 Å². The maximum atomic E-state index is 13.6. The highest BCUT2D eigenvalue weighted by Gasteiger charge is 2.47. The Hall–Kier alpha value is -2.92. The smallest absolute Gasteiger partial charge is 0.242 e. The number of rotatable bonds is 8. The molecule has 1 heterocycles. The number of hydrogen-bond acceptors (Lipinski definition) is 3. The molecule has 0 aliphatic heterocycles. The van der Waals surface area contributed by atoms with Gasteiger partial charge in [-0.2, -0.15) is 0 Å². The van der Waals surface area contributed by atoms with Crippen molar-refractivity contribution in [1.82, 2.24) is 9.80 Å². The molecule has 0 radical (unpaired) electrons. The van der Waals surface area contributed by atoms with Gasteiger partial charge in [0.05, 0.1) is 6.54 Å². The minimum atomic E-state index is -0.433. The Morgan fingerprint density at radius 1 is 0.909 bits per heavy atom. The summed E-state index contributed by atoms with van der Waals surface area (Å²) >= 11 is 1.65. The van der Waals surface area contributed by atoms with E-state index in [-0.39, 0.29) is 30.2 Å². The SMILES string of the molecule is CC(C)(C)N(CC(=O)N(Cc1ccccc1)Cc1cccs1)C(=O)C1CC1c1ccccc1. The van der Waals surface area contributed by atoms with Crippen molar-refractivity contribution in [3.8, 4) is 0 Å². The molecular weight excluding hydrogens is 428 g/mol. The highest BCUT2D eigenvalue weighted by atomic mass is 32.1. The Balaban J connectivity index is 1.50. The van der Waals surface area contributed by atoms with Gasteiger partial charge in [0.2, 0.25) is 11.8 Å². The van der Waals surface area contributed by atoms with Crippen LogP contribution in [0.2, 0.25) is 0 Å². The van der Waals surface area contributed by atoms with Crippen molar-refractivity contribution in [2.45, 2.75) is 51.7 Å². The molecule has 0 N–H and O–H groups in total. The molecule has 0 bridgehead atoms. The minimum absolute atomic E-state index is 0.0209. The zero-order chi connectivity index (χ0) is 23.4. The summed E-state index contributed by atoms with van der Waals surface area (Å²) in [6, 6.07) is 24.3. The zero-order valence-corrected chi connectivity index (χ0v) is 20.4. The van der Waals surface area contributed by atoms with Crippen LogP contribution >= 0.6 is 11.3 Å². The first-order valence-corrected chi connectivity index (χ1v) is 12.4. The topological polar surface area (TPSA) is 40.6 Å². The molecular formula is C28H32N2O2S. The van der Waals surface area contributed by atoms with Crippen LogP contribution < -0.4 is 0 Å². The van der Waals surface area contributed by atoms with Gasteiger partial charge in [0.25, 0.3) is 0 Å². The molecule has 1 fully saturated rings. The van der Waals surface area contributed by atoms with Crippen molar-refractivity contribution < 1.29 is 9.59 Å². The summed E-state index contributed by atoms with van der Waals surface area (Å²) in [6.07, 6.45) is 0.854. The van der Waals surface area contributed by atoms with Gasteiger partial charge in [-0.15, -0.1) is 11.3 Å². The highest BCUT2D eigenvalue weighted by molar-refractivity contribution is 7.09. The van der Waals surface area contributed by atoms with Gasteiger partial charge in [-0.25, -0.2) is 0 Å². The molecule has 5 heteroatoms. The van der Waals surface area contributed by atoms with Gasteiger partial charge in [0.15, 0.2) is 0 Å². The first-order chi connectivity index (χ1) is 15.8. The molecule has 2 atom stereocenters. The van der Waals surface area contributed by atoms with Crippen molar-refractivity contribution in [2.24, 2.45) is 5.92 Å². The summed E-state index contributed by atoms with van der Waals surface area (Å²) in [6.45, 7) is 7.21. The molecule has 2 amide bonds. The van der Waals surface area contributed by atoms with E-state index in [9.17, 15) is 9.59 Å². The first-order valence-electron chi connectivity index (χ1n) is 11.5. The summed E-state index contributed by atoms with van der Waals surface area (Å²) in [5, 5.41) is 2.03. The quantitative estimate of drug-likeness (QED) is 0.432. The van der Waals surface area contributed by atoms with Crippen molar-refractivity contribution in [1.29, 1.82) is 0 Å². The molecule has 0 spiro atoms. The average molecular weight is 461 g/mol. The zero-order valence-electron chi connectivity index (χ0n) is 19.6. The van der Waals surface area contributed by atoms with Crippen LogP contribution in [0.4, 0.5) is 0 Å². The monoisotopic (exact) mass is 460 g/mol. The van der Waals surface area contributed by atoms with Crippen LogP contribution in [0.3, 0.4) is 0 Å². The van der Waals surface area contributed by atoms with Crippen LogP contribution in [0.1, 0.15) is 49.1 Å². The van der Waals surface area contributed by atoms with Crippen LogP contribution in [0.15, 0.2) is 78.2 Å². The van der Waals surface area contributed by atoms with Crippen LogP contribution in [0, 0.1) is 5.92 Å². The normalized spacial score (nSPS) is 17.4. The van der Waals surface area contributed by atoms with E-state index in [1.807, 2.05) is 85.6 Å². The molecule has 2 aromatic carbocycles. The summed E-state index contributed by atoms with van der Waals surface area (Å²) in [4.78, 5) is 31.9. The molecule has 2 unspecified atom stereocenters. The standard InChI is InChI=1S/C28H32N2O2S/c1-28(2,3)30(27(32)25-17-24(25)22-13-8-5-9-14-22)20-26(31)29(19-23-15-10-16-33-23)18-21-11-6-4-7-12-21/h4-16,24-25H,17-20H2,1-3H3. The minimum Gasteiger partial charge on any atom is -0.332 e. The molecule has 1 aromatic heterocycles. The Labute approximate surface area is 200 Å². The molecule has 4 rings (SSSR count). The predicted octanol–water partition coefficient (Wildman–Crippen LogP) is 5.71. The number of carbonyl (C=O) groups is 2. The van der Waals surface area contributed by atoms with Gasteiger partial charge in [0.1, 0.15) is 6.54 Å². The van der Waals surface area contributed by atoms with E-state index in [1.165, 1.54) is 5.56 Å². The first kappa shape index (κ1) is 23.2. The van der Waals surface area contributed by atoms with Gasteiger partial charge in [-0.1, -0.05) is 66.7 Å². The maximum Gasteiger partial charge on any atom is 0.242 e. The molecule has 172 valence electrons. The number of thiophene rings is 1. The molecule has 0 saturated heterocycles. The van der Waals surface area contributed by atoms with Crippen molar-refractivity contribution in [3.05, 3.63) is 94.2 Å². The number of nitrogens with zero attached hydrogens (tertiary/aromatic N) is 2. The van der Waals surface area contributed by atoms with E-state index in [4.69, 9.17) is 0 Å². The highest BCUT2D eigenvalue weighted by Crippen LogP contribution is 2.49. The summed E-state index contributed by atoms with van der Waals surface area (Å²) in [5.41, 5.74) is 1.86. The van der Waals surface area contributed by atoms with E-state index >= 15 is 0 Å². The van der Waals surface area contributed by atoms with Gasteiger partial charge < -0.3 is 9.80 Å². The predicted molar refractivity (Wildman–Crippen MR) is 134 cm³/mol. The third-order valence-corrected chi connectivity index (χ3v) is 7.06. The number of benzene rings is 2. The van der Waals surface area contributed by atoms with Crippen molar-refractivity contribution in [2.75, 3.05) is 6.54 Å². The summed E-state index contributed by atoms with van der Waals surface area (Å²) in [7, 11) is 0. The van der Waals surface area contributed by atoms with E-state index < -0.39 is 5.54 Å². The van der Waals surface area contributed by atoms with E-state index in [2.05, 4.69) is 18.2 Å². The summed E-state index contributed by atoms with van der Waals surface area (Å²) < 4.78 is 0. The van der Waals surface area contributed by atoms with Gasteiger partial charge in [-0.3, -0.25) is 9.59 Å². The Morgan fingerprint density at radius 3 is 2.18 bits per heavy atom. The van der Waals surface area contributed by atoms with E-state index in [0.717, 1.165) is 16.9 Å². The fourth-order valence-corrected chi connectivity index (χ4v) is 4.96. The molecule has 1 aliphatic rings. The Kier molecular flexibility index (Phi) is 6.99. The third-order valence-electron chi connectivity index (χ3n) is 6.20. The Morgan fingerprint density at radius 2 is 1.58 bits per heavy atom. The van der Waals surface area contributed by atoms with E-state index in [0.29, 0.717) is 13.1 Å². The van der Waals surface area contributed by atoms with Crippen molar-refractivity contribution in [3.63, 3.8) is 0 Å². The molecule has 3 aromatic rings. The molecule has 1 saturated carbocycles. The number of amides is 2. The lowest BCUT2D eigenvalue weighted by atomic mass is 10.0. The van der Waals surface area contributed by atoms with Crippen LogP contribution in [0.5, 0.6) is 0 Å². The molecule has 4 nitrogen and oxygen atoms in total. The Bertz CT molecular complexity index is 1060. The van der Waals surface area contributed by atoms with Gasteiger partial charge in [0, 0.05) is 22.9 Å². The second-order valence-corrected chi connectivity index (χ2v) is 10.8. The third kappa shape index (κ3) is 5.91.